The molecule has 162 valence electrons. The molecule has 0 atom stereocenters. The van der Waals surface area contributed by atoms with Gasteiger partial charge in [0.1, 0.15) is 0 Å². The van der Waals surface area contributed by atoms with Crippen molar-refractivity contribution in [2.75, 3.05) is 0 Å². The first-order chi connectivity index (χ1) is 15.1. The Balaban J connectivity index is 1.68. The van der Waals surface area contributed by atoms with E-state index in [-0.39, 0.29) is 0 Å². The van der Waals surface area contributed by atoms with Gasteiger partial charge in [-0.1, -0.05) is 68.5 Å². The second-order valence-electron chi connectivity index (χ2n) is 9.78. The molecule has 2 aromatic heterocycles. The van der Waals surface area contributed by atoms with Crippen molar-refractivity contribution in [2.45, 2.75) is 64.7 Å². The molecule has 0 N–H and O–H groups in total. The molecule has 2 aromatic carbocycles. The molecule has 0 amide bonds. The summed E-state index contributed by atoms with van der Waals surface area (Å²) in [6.45, 7) is 4.65. The van der Waals surface area contributed by atoms with E-state index in [0.29, 0.717) is 5.92 Å². The predicted molar refractivity (Wildman–Crippen MR) is 133 cm³/mol. The molecule has 0 saturated heterocycles. The van der Waals surface area contributed by atoms with Gasteiger partial charge in [-0.15, -0.1) is 0 Å². The molecule has 1 aliphatic rings. The van der Waals surface area contributed by atoms with Crippen molar-refractivity contribution in [1.82, 2.24) is 9.13 Å². The zero-order chi connectivity index (χ0) is 21.5. The average Bonchev–Trinajstić information content (AvgIpc) is 3.21. The van der Waals surface area contributed by atoms with Crippen LogP contribution in [0, 0.1) is 19.8 Å². The molecule has 0 spiro atoms. The maximum absolute atomic E-state index is 2.40. The lowest BCUT2D eigenvalue weighted by Gasteiger charge is -2.25. The van der Waals surface area contributed by atoms with E-state index in [1.165, 1.54) is 78.1 Å². The summed E-state index contributed by atoms with van der Waals surface area (Å²) in [4.78, 5) is 0. The molecule has 31 heavy (non-hydrogen) atoms. The Bertz CT molecular complexity index is 1130. The van der Waals surface area contributed by atoms with Gasteiger partial charge in [0.05, 0.1) is 0 Å². The highest BCUT2D eigenvalue weighted by Crippen LogP contribution is 2.44. The number of benzene rings is 2. The third-order valence-corrected chi connectivity index (χ3v) is 8.18. The summed E-state index contributed by atoms with van der Waals surface area (Å²) >= 11 is 0. The summed E-state index contributed by atoms with van der Waals surface area (Å²) in [5.41, 5.74) is 8.65. The number of hydrogen-bond acceptors (Lipinski definition) is 0. The van der Waals surface area contributed by atoms with Crippen molar-refractivity contribution in [3.05, 3.63) is 71.0 Å². The van der Waals surface area contributed by atoms with Gasteiger partial charge in [0, 0.05) is 53.2 Å². The molecule has 0 radical (unpaired) electrons. The van der Waals surface area contributed by atoms with Gasteiger partial charge in [-0.05, 0) is 55.9 Å². The van der Waals surface area contributed by atoms with Crippen LogP contribution >= 0.6 is 0 Å². The number of fused-ring (bicyclic) bond motifs is 2. The molecule has 1 aliphatic carbocycles. The maximum Gasteiger partial charge on any atom is 0.0482 e. The normalized spacial score (nSPS) is 15.5. The van der Waals surface area contributed by atoms with Crippen LogP contribution in [0.4, 0.5) is 0 Å². The summed E-state index contributed by atoms with van der Waals surface area (Å²) in [7, 11) is 4.46. The summed E-state index contributed by atoms with van der Waals surface area (Å²) in [5, 5.41) is 2.87. The fourth-order valence-corrected chi connectivity index (χ4v) is 6.29. The molecule has 2 heterocycles. The van der Waals surface area contributed by atoms with Crippen molar-refractivity contribution in [2.24, 2.45) is 20.0 Å². The average molecular weight is 413 g/mol. The first kappa shape index (κ1) is 20.4. The Kier molecular flexibility index (Phi) is 5.42. The molecule has 5 rings (SSSR count). The minimum atomic E-state index is 0.444. The van der Waals surface area contributed by atoms with Crippen LogP contribution in [0.1, 0.15) is 73.4 Å². The van der Waals surface area contributed by atoms with Crippen molar-refractivity contribution in [3.63, 3.8) is 0 Å². The van der Waals surface area contributed by atoms with Crippen molar-refractivity contribution < 1.29 is 0 Å². The Morgan fingerprint density at radius 1 is 0.742 bits per heavy atom. The molecular weight excluding hydrogens is 376 g/mol. The van der Waals surface area contributed by atoms with E-state index < -0.39 is 0 Å². The highest BCUT2D eigenvalue weighted by atomic mass is 15.0. The zero-order valence-corrected chi connectivity index (χ0v) is 19.6. The Labute approximate surface area is 186 Å². The third-order valence-electron chi connectivity index (χ3n) is 8.18. The second-order valence-corrected chi connectivity index (χ2v) is 9.78. The van der Waals surface area contributed by atoms with Gasteiger partial charge in [-0.25, -0.2) is 0 Å². The Morgan fingerprint density at radius 3 is 1.74 bits per heavy atom. The summed E-state index contributed by atoms with van der Waals surface area (Å²) in [6.07, 6.45) is 9.73. The van der Waals surface area contributed by atoms with E-state index in [1.54, 1.807) is 11.1 Å². The fraction of sp³-hybridized carbons (Fsp3) is 0.448. The molecule has 1 fully saturated rings. The molecule has 2 heteroatoms. The van der Waals surface area contributed by atoms with Crippen molar-refractivity contribution in [3.8, 4) is 0 Å². The minimum absolute atomic E-state index is 0.444. The molecule has 1 saturated carbocycles. The van der Waals surface area contributed by atoms with E-state index in [2.05, 4.69) is 85.6 Å². The zero-order valence-electron chi connectivity index (χ0n) is 19.6. The minimum Gasteiger partial charge on any atom is -0.348 e. The van der Waals surface area contributed by atoms with Gasteiger partial charge >= 0.3 is 0 Å². The SMILES string of the molecule is Cc1c(C(CCC2CCCCC2)c2c(C)n(C)c3ccccc23)c2ccccc2n1C. The largest absolute Gasteiger partial charge is 0.348 e. The highest BCUT2D eigenvalue weighted by molar-refractivity contribution is 5.90. The van der Waals surface area contributed by atoms with Crippen LogP contribution in [0.2, 0.25) is 0 Å². The first-order valence-electron chi connectivity index (χ1n) is 12.2. The summed E-state index contributed by atoms with van der Waals surface area (Å²) in [6, 6.07) is 18.0. The fourth-order valence-electron chi connectivity index (χ4n) is 6.29. The van der Waals surface area contributed by atoms with E-state index >= 15 is 0 Å². The monoisotopic (exact) mass is 412 g/mol. The van der Waals surface area contributed by atoms with Gasteiger partial charge in [0.2, 0.25) is 0 Å². The molecule has 0 bridgehead atoms. The summed E-state index contributed by atoms with van der Waals surface area (Å²) < 4.78 is 4.80. The lowest BCUT2D eigenvalue weighted by molar-refractivity contribution is 0.328. The molecular formula is C29H36N2. The van der Waals surface area contributed by atoms with E-state index in [0.717, 1.165) is 5.92 Å². The van der Waals surface area contributed by atoms with Gasteiger partial charge in [-0.3, -0.25) is 0 Å². The topological polar surface area (TPSA) is 9.86 Å². The van der Waals surface area contributed by atoms with Gasteiger partial charge in [0.15, 0.2) is 0 Å². The van der Waals surface area contributed by atoms with E-state index in [9.17, 15) is 0 Å². The van der Waals surface area contributed by atoms with E-state index in [4.69, 9.17) is 0 Å². The lowest BCUT2D eigenvalue weighted by Crippen LogP contribution is -2.11. The molecule has 0 unspecified atom stereocenters. The van der Waals surface area contributed by atoms with Crippen molar-refractivity contribution in [1.29, 1.82) is 0 Å². The highest BCUT2D eigenvalue weighted by Gasteiger charge is 2.28. The second kappa shape index (κ2) is 8.22. The van der Waals surface area contributed by atoms with Crippen LogP contribution in [-0.4, -0.2) is 9.13 Å². The van der Waals surface area contributed by atoms with Crippen LogP contribution in [0.25, 0.3) is 21.8 Å². The number of aromatic nitrogens is 2. The smallest absolute Gasteiger partial charge is 0.0482 e. The number of aryl methyl sites for hydroxylation is 2. The van der Waals surface area contributed by atoms with Crippen LogP contribution in [-0.2, 0) is 14.1 Å². The van der Waals surface area contributed by atoms with Crippen LogP contribution in [0.5, 0.6) is 0 Å². The quantitative estimate of drug-likeness (QED) is 0.317. The summed E-state index contributed by atoms with van der Waals surface area (Å²) in [5.74, 6) is 1.35. The third kappa shape index (κ3) is 3.41. The standard InChI is InChI=1S/C29H36N2/c1-20-28(23-14-8-10-16-26(23)30(20)3)25(19-18-22-12-6-5-7-13-22)29-21(2)31(4)27-17-11-9-15-24(27)29/h8-11,14-17,22,25H,5-7,12-13,18-19H2,1-4H3. The van der Waals surface area contributed by atoms with Crippen LogP contribution in [0.3, 0.4) is 0 Å². The first-order valence-corrected chi connectivity index (χ1v) is 12.2. The van der Waals surface area contributed by atoms with Gasteiger partial charge in [0.25, 0.3) is 0 Å². The predicted octanol–water partition coefficient (Wildman–Crippen LogP) is 7.78. The molecule has 0 aliphatic heterocycles. The molecule has 4 aromatic rings. The Hall–Kier alpha value is -2.48. The number of nitrogens with zero attached hydrogens (tertiary/aromatic N) is 2. The number of rotatable bonds is 5. The van der Waals surface area contributed by atoms with Crippen molar-refractivity contribution >= 4 is 21.8 Å². The molecule has 2 nitrogen and oxygen atoms in total. The number of hydrogen-bond donors (Lipinski definition) is 0. The van der Waals surface area contributed by atoms with Gasteiger partial charge in [-0.2, -0.15) is 0 Å². The van der Waals surface area contributed by atoms with Crippen LogP contribution < -0.4 is 0 Å². The maximum atomic E-state index is 2.40. The van der Waals surface area contributed by atoms with Crippen LogP contribution in [0.15, 0.2) is 48.5 Å². The lowest BCUT2D eigenvalue weighted by atomic mass is 9.79. The number of para-hydroxylation sites is 2. The van der Waals surface area contributed by atoms with E-state index in [1.807, 2.05) is 0 Å². The van der Waals surface area contributed by atoms with Gasteiger partial charge < -0.3 is 9.13 Å². The Morgan fingerprint density at radius 2 is 1.23 bits per heavy atom.